The molecule has 0 heterocycles. The van der Waals surface area contributed by atoms with Gasteiger partial charge in [0.05, 0.1) is 12.5 Å². The molecule has 5 heteroatoms. The van der Waals surface area contributed by atoms with Gasteiger partial charge in [-0.15, -0.1) is 11.6 Å². The van der Waals surface area contributed by atoms with Crippen LogP contribution >= 0.6 is 27.5 Å². The minimum Gasteiger partial charge on any atom is -0.413 e. The number of halogens is 2. The van der Waals surface area contributed by atoms with Crippen LogP contribution in [0.4, 0.5) is 0 Å². The molecule has 112 valence electrons. The first-order valence-corrected chi connectivity index (χ1v) is 10.8. The summed E-state index contributed by atoms with van der Waals surface area (Å²) in [6, 6.07) is 5.52. The summed E-state index contributed by atoms with van der Waals surface area (Å²) in [5.74, 6) is -0.0581. The number of rotatable bonds is 5. The van der Waals surface area contributed by atoms with Crippen LogP contribution in [0.5, 0.6) is 0 Å². The number of alkyl halides is 1. The van der Waals surface area contributed by atoms with E-state index < -0.39 is 8.32 Å². The fourth-order valence-corrected chi connectivity index (χ4v) is 2.88. The summed E-state index contributed by atoms with van der Waals surface area (Å²) in [6.45, 7) is 11.6. The van der Waals surface area contributed by atoms with E-state index in [2.05, 4.69) is 49.8 Å². The van der Waals surface area contributed by atoms with Crippen molar-refractivity contribution >= 4 is 41.6 Å². The molecule has 0 fully saturated rings. The molecule has 20 heavy (non-hydrogen) atoms. The summed E-state index contributed by atoms with van der Waals surface area (Å²) < 4.78 is 7.15. The quantitative estimate of drug-likeness (QED) is 0.390. The van der Waals surface area contributed by atoms with E-state index in [-0.39, 0.29) is 16.7 Å². The molecule has 0 N–H and O–H groups in total. The first kappa shape index (κ1) is 17.9. The third-order valence-electron chi connectivity index (χ3n) is 3.88. The highest BCUT2D eigenvalue weighted by Gasteiger charge is 2.37. The van der Waals surface area contributed by atoms with Gasteiger partial charge in [-0.2, -0.15) is 0 Å². The minimum atomic E-state index is -1.80. The molecule has 0 saturated heterocycles. The largest absolute Gasteiger partial charge is 0.413 e. The van der Waals surface area contributed by atoms with Crippen molar-refractivity contribution in [2.45, 2.75) is 45.5 Å². The van der Waals surface area contributed by atoms with Crippen LogP contribution in [-0.2, 0) is 11.0 Å². The van der Waals surface area contributed by atoms with Crippen LogP contribution in [-0.4, -0.2) is 20.0 Å². The molecule has 1 aromatic carbocycles. The maximum absolute atomic E-state index is 11.7. The highest BCUT2D eigenvalue weighted by atomic mass is 79.9. The fourth-order valence-electron chi connectivity index (χ4n) is 1.41. The van der Waals surface area contributed by atoms with Gasteiger partial charge in [0.25, 0.3) is 0 Å². The van der Waals surface area contributed by atoms with E-state index in [0.717, 1.165) is 10.0 Å². The Morgan fingerprint density at radius 3 is 2.45 bits per heavy atom. The molecular formula is C15H22BrClO2Si. The summed E-state index contributed by atoms with van der Waals surface area (Å²) in [6.07, 6.45) is 0. The molecule has 0 aliphatic heterocycles. The van der Waals surface area contributed by atoms with Crippen LogP contribution in [0.2, 0.25) is 18.1 Å². The molecule has 1 rings (SSSR count). The molecule has 0 amide bonds. The molecule has 0 aromatic heterocycles. The number of carbonyl (C=O) groups excluding carboxylic acids is 1. The zero-order chi connectivity index (χ0) is 15.6. The number of benzene rings is 1. The van der Waals surface area contributed by atoms with Gasteiger partial charge < -0.3 is 4.43 Å². The SMILES string of the molecule is CC(C)(C)[Si](C)(C)OCc1cc(C(=O)CCl)ccc1Br. The maximum Gasteiger partial charge on any atom is 0.192 e. The van der Waals surface area contributed by atoms with Crippen molar-refractivity contribution in [2.75, 3.05) is 5.88 Å². The molecule has 1 aromatic rings. The Hall–Kier alpha value is -0.163. The number of hydrogen-bond acceptors (Lipinski definition) is 2. The summed E-state index contributed by atoms with van der Waals surface area (Å²) >= 11 is 9.11. The average molecular weight is 378 g/mol. The molecule has 0 bridgehead atoms. The smallest absolute Gasteiger partial charge is 0.192 e. The molecule has 0 aliphatic rings. The Bertz CT molecular complexity index is 495. The van der Waals surface area contributed by atoms with Gasteiger partial charge in [0, 0.05) is 10.0 Å². The lowest BCUT2D eigenvalue weighted by Gasteiger charge is -2.36. The molecule has 0 aliphatic carbocycles. The second kappa shape index (κ2) is 6.73. The molecular weight excluding hydrogens is 356 g/mol. The third-order valence-corrected chi connectivity index (χ3v) is 9.38. The molecule has 0 radical (unpaired) electrons. The fraction of sp³-hybridized carbons (Fsp3) is 0.533. The standard InChI is InChI=1S/C15H22BrClO2Si/c1-15(2,3)20(4,5)19-10-12-8-11(14(18)9-17)6-7-13(12)16/h6-8H,9-10H2,1-5H3. The molecule has 0 unspecified atom stereocenters. The minimum absolute atomic E-state index is 0.00413. The predicted molar refractivity (Wildman–Crippen MR) is 91.2 cm³/mol. The monoisotopic (exact) mass is 376 g/mol. The Morgan fingerprint density at radius 2 is 1.95 bits per heavy atom. The Kier molecular flexibility index (Phi) is 6.02. The normalized spacial score (nSPS) is 12.6. The zero-order valence-corrected chi connectivity index (χ0v) is 16.1. The summed E-state index contributed by atoms with van der Waals surface area (Å²) in [5, 5.41) is 0.170. The van der Waals surface area contributed by atoms with Crippen LogP contribution in [0.1, 0.15) is 36.7 Å². The first-order chi connectivity index (χ1) is 9.08. The van der Waals surface area contributed by atoms with Gasteiger partial charge >= 0.3 is 0 Å². The van der Waals surface area contributed by atoms with E-state index in [4.69, 9.17) is 16.0 Å². The Balaban J connectivity index is 2.90. The Morgan fingerprint density at radius 1 is 1.35 bits per heavy atom. The van der Waals surface area contributed by atoms with Crippen molar-refractivity contribution in [3.63, 3.8) is 0 Å². The third kappa shape index (κ3) is 4.42. The van der Waals surface area contributed by atoms with E-state index in [0.29, 0.717) is 12.2 Å². The van der Waals surface area contributed by atoms with Gasteiger partial charge in [0.1, 0.15) is 0 Å². The Labute approximate surface area is 136 Å². The van der Waals surface area contributed by atoms with E-state index >= 15 is 0 Å². The van der Waals surface area contributed by atoms with Crippen molar-refractivity contribution in [3.8, 4) is 0 Å². The lowest BCUT2D eigenvalue weighted by molar-refractivity contribution is 0.102. The van der Waals surface area contributed by atoms with E-state index in [1.807, 2.05) is 12.1 Å². The van der Waals surface area contributed by atoms with Crippen LogP contribution in [0.3, 0.4) is 0 Å². The predicted octanol–water partition coefficient (Wildman–Crippen LogP) is 5.39. The molecule has 0 spiro atoms. The van der Waals surface area contributed by atoms with Crippen LogP contribution in [0.25, 0.3) is 0 Å². The van der Waals surface area contributed by atoms with Crippen LogP contribution < -0.4 is 0 Å². The molecule has 0 atom stereocenters. The first-order valence-electron chi connectivity index (χ1n) is 6.60. The zero-order valence-electron chi connectivity index (χ0n) is 12.7. The second-order valence-corrected chi connectivity index (χ2v) is 12.3. The topological polar surface area (TPSA) is 26.3 Å². The van der Waals surface area contributed by atoms with Crippen molar-refractivity contribution in [3.05, 3.63) is 33.8 Å². The maximum atomic E-state index is 11.7. The van der Waals surface area contributed by atoms with Gasteiger partial charge in [-0.1, -0.05) is 42.8 Å². The average Bonchev–Trinajstić information content (AvgIpc) is 2.35. The van der Waals surface area contributed by atoms with Crippen molar-refractivity contribution in [2.24, 2.45) is 0 Å². The van der Waals surface area contributed by atoms with Crippen LogP contribution in [0.15, 0.2) is 22.7 Å². The van der Waals surface area contributed by atoms with E-state index in [9.17, 15) is 4.79 Å². The second-order valence-electron chi connectivity index (χ2n) is 6.41. The van der Waals surface area contributed by atoms with E-state index in [1.54, 1.807) is 6.07 Å². The van der Waals surface area contributed by atoms with Gasteiger partial charge in [0.15, 0.2) is 14.1 Å². The molecule has 2 nitrogen and oxygen atoms in total. The van der Waals surface area contributed by atoms with Crippen molar-refractivity contribution in [1.82, 2.24) is 0 Å². The van der Waals surface area contributed by atoms with Crippen molar-refractivity contribution in [1.29, 1.82) is 0 Å². The van der Waals surface area contributed by atoms with Gasteiger partial charge in [-0.25, -0.2) is 0 Å². The lowest BCUT2D eigenvalue weighted by atomic mass is 10.1. The van der Waals surface area contributed by atoms with Crippen LogP contribution in [0, 0.1) is 0 Å². The lowest BCUT2D eigenvalue weighted by Crippen LogP contribution is -2.40. The molecule has 0 saturated carbocycles. The number of ketones is 1. The van der Waals surface area contributed by atoms with Gasteiger partial charge in [-0.3, -0.25) is 4.79 Å². The number of carbonyl (C=O) groups is 1. The van der Waals surface area contributed by atoms with Gasteiger partial charge in [-0.05, 0) is 35.8 Å². The summed E-state index contributed by atoms with van der Waals surface area (Å²) in [4.78, 5) is 11.7. The highest BCUT2D eigenvalue weighted by Crippen LogP contribution is 2.37. The number of Topliss-reactive ketones (excluding diaryl/α,β-unsaturated/α-hetero) is 1. The van der Waals surface area contributed by atoms with Crippen molar-refractivity contribution < 1.29 is 9.22 Å². The van der Waals surface area contributed by atoms with Gasteiger partial charge in [0.2, 0.25) is 0 Å². The highest BCUT2D eigenvalue weighted by molar-refractivity contribution is 9.10. The summed E-state index contributed by atoms with van der Waals surface area (Å²) in [5.41, 5.74) is 1.63. The summed E-state index contributed by atoms with van der Waals surface area (Å²) in [7, 11) is -1.80. The number of hydrogen-bond donors (Lipinski definition) is 0. The van der Waals surface area contributed by atoms with E-state index in [1.165, 1.54) is 0 Å².